The Morgan fingerprint density at radius 1 is 1.35 bits per heavy atom. The van der Waals surface area contributed by atoms with Crippen molar-refractivity contribution < 1.29 is 23.8 Å². The largest absolute Gasteiger partial charge is 0.484 e. The van der Waals surface area contributed by atoms with Crippen molar-refractivity contribution in [3.63, 3.8) is 0 Å². The van der Waals surface area contributed by atoms with E-state index in [0.29, 0.717) is 17.9 Å². The van der Waals surface area contributed by atoms with Crippen LogP contribution >= 0.6 is 0 Å². The van der Waals surface area contributed by atoms with Crippen molar-refractivity contribution in [2.75, 3.05) is 46.3 Å². The average molecular weight is 322 g/mol. The van der Waals surface area contributed by atoms with Gasteiger partial charge in [0.1, 0.15) is 5.75 Å². The number of nitrogens with zero attached hydrogens (tertiary/aromatic N) is 1. The van der Waals surface area contributed by atoms with Gasteiger partial charge in [0.15, 0.2) is 6.61 Å². The molecule has 126 valence electrons. The number of hydrogen-bond donors (Lipinski definition) is 1. The lowest BCUT2D eigenvalue weighted by atomic mass is 10.1. The molecule has 1 aliphatic heterocycles. The predicted molar refractivity (Wildman–Crippen MR) is 84.8 cm³/mol. The molecule has 7 heteroatoms. The van der Waals surface area contributed by atoms with Crippen LogP contribution in [-0.4, -0.2) is 63.8 Å². The topological polar surface area (TPSA) is 77.1 Å². The molecule has 2 rings (SSSR count). The summed E-state index contributed by atoms with van der Waals surface area (Å²) in [6.45, 7) is 1.35. The monoisotopic (exact) mass is 322 g/mol. The summed E-state index contributed by atoms with van der Waals surface area (Å²) in [5, 5.41) is 3.21. The number of amides is 1. The number of methoxy groups -OCH3 is 1. The molecular weight excluding hydrogens is 300 g/mol. The highest BCUT2D eigenvalue weighted by Gasteiger charge is 2.18. The summed E-state index contributed by atoms with van der Waals surface area (Å²) in [5.41, 5.74) is 1.08. The first-order valence-electron chi connectivity index (χ1n) is 7.41. The van der Waals surface area contributed by atoms with E-state index in [4.69, 9.17) is 14.2 Å². The van der Waals surface area contributed by atoms with Crippen LogP contribution in [0.4, 0.5) is 5.69 Å². The van der Waals surface area contributed by atoms with Crippen molar-refractivity contribution in [3.05, 3.63) is 23.8 Å². The van der Waals surface area contributed by atoms with E-state index < -0.39 is 5.97 Å². The first kappa shape index (κ1) is 17.1. The predicted octanol–water partition coefficient (Wildman–Crippen LogP) is 1.14. The Morgan fingerprint density at radius 2 is 2.09 bits per heavy atom. The van der Waals surface area contributed by atoms with Crippen LogP contribution in [0.2, 0.25) is 0 Å². The van der Waals surface area contributed by atoms with Gasteiger partial charge in [0.05, 0.1) is 18.8 Å². The van der Waals surface area contributed by atoms with Crippen molar-refractivity contribution in [2.45, 2.75) is 12.5 Å². The lowest BCUT2D eigenvalue weighted by molar-refractivity contribution is -0.130. The highest BCUT2D eigenvalue weighted by atomic mass is 16.5. The maximum atomic E-state index is 11.8. The standard InChI is InChI=1S/C16H22N2O5/c1-18(2)15(19)10-23-14-7-11(16(20)21-3)6-12(8-14)17-9-13-4-5-22-13/h6-8,13,17H,4-5,9-10H2,1-3H3. The molecule has 1 N–H and O–H groups in total. The number of carbonyl (C=O) groups excluding carboxylic acids is 2. The molecule has 0 aliphatic carbocycles. The fourth-order valence-electron chi connectivity index (χ4n) is 1.97. The summed E-state index contributed by atoms with van der Waals surface area (Å²) in [4.78, 5) is 24.8. The number of ether oxygens (including phenoxy) is 3. The Labute approximate surface area is 135 Å². The third kappa shape index (κ3) is 4.85. The molecule has 1 atom stereocenters. The van der Waals surface area contributed by atoms with Gasteiger partial charge in [0.25, 0.3) is 5.91 Å². The summed E-state index contributed by atoms with van der Waals surface area (Å²) in [6.07, 6.45) is 1.21. The van der Waals surface area contributed by atoms with Crippen molar-refractivity contribution in [1.82, 2.24) is 4.90 Å². The smallest absolute Gasteiger partial charge is 0.338 e. The van der Waals surface area contributed by atoms with E-state index in [-0.39, 0.29) is 18.6 Å². The Bertz CT molecular complexity index is 570. The Hall–Kier alpha value is -2.28. The lowest BCUT2D eigenvalue weighted by Gasteiger charge is -2.27. The van der Waals surface area contributed by atoms with Crippen LogP contribution in [0.3, 0.4) is 0 Å². The van der Waals surface area contributed by atoms with E-state index in [1.807, 2.05) is 0 Å². The minimum Gasteiger partial charge on any atom is -0.484 e. The molecule has 1 aromatic carbocycles. The lowest BCUT2D eigenvalue weighted by Crippen LogP contribution is -2.33. The van der Waals surface area contributed by atoms with Gasteiger partial charge in [-0.25, -0.2) is 4.79 Å². The van der Waals surface area contributed by atoms with Gasteiger partial charge < -0.3 is 24.4 Å². The molecule has 1 aliphatic rings. The first-order valence-corrected chi connectivity index (χ1v) is 7.41. The number of hydrogen-bond acceptors (Lipinski definition) is 6. The van der Waals surface area contributed by atoms with Gasteiger partial charge in [-0.1, -0.05) is 0 Å². The number of rotatable bonds is 7. The van der Waals surface area contributed by atoms with E-state index in [1.54, 1.807) is 32.3 Å². The second-order valence-electron chi connectivity index (χ2n) is 5.48. The van der Waals surface area contributed by atoms with Gasteiger partial charge in [-0.15, -0.1) is 0 Å². The third-order valence-electron chi connectivity index (χ3n) is 3.52. The van der Waals surface area contributed by atoms with Crippen molar-refractivity contribution >= 4 is 17.6 Å². The van der Waals surface area contributed by atoms with E-state index in [1.165, 1.54) is 12.0 Å². The number of anilines is 1. The maximum absolute atomic E-state index is 11.8. The van der Waals surface area contributed by atoms with Gasteiger partial charge in [-0.2, -0.15) is 0 Å². The van der Waals surface area contributed by atoms with Crippen LogP contribution < -0.4 is 10.1 Å². The SMILES string of the molecule is COC(=O)c1cc(NCC2CCO2)cc(OCC(=O)N(C)C)c1. The molecule has 1 unspecified atom stereocenters. The molecule has 0 saturated carbocycles. The Balaban J connectivity index is 2.08. The summed E-state index contributed by atoms with van der Waals surface area (Å²) in [6, 6.07) is 4.99. The normalized spacial score (nSPS) is 16.2. The summed E-state index contributed by atoms with van der Waals surface area (Å²) in [5.74, 6) is -0.191. The van der Waals surface area contributed by atoms with Crippen LogP contribution in [0.15, 0.2) is 18.2 Å². The molecule has 1 fully saturated rings. The van der Waals surface area contributed by atoms with Crippen molar-refractivity contribution in [3.8, 4) is 5.75 Å². The summed E-state index contributed by atoms with van der Waals surface area (Å²) < 4.78 is 15.6. The molecule has 1 aromatic rings. The maximum Gasteiger partial charge on any atom is 0.338 e. The van der Waals surface area contributed by atoms with Crippen molar-refractivity contribution in [2.24, 2.45) is 0 Å². The zero-order chi connectivity index (χ0) is 16.8. The molecule has 0 radical (unpaired) electrons. The highest BCUT2D eigenvalue weighted by Crippen LogP contribution is 2.23. The van der Waals surface area contributed by atoms with Gasteiger partial charge >= 0.3 is 5.97 Å². The number of esters is 1. The molecule has 0 spiro atoms. The second kappa shape index (κ2) is 7.82. The average Bonchev–Trinajstić information content (AvgIpc) is 2.50. The number of benzene rings is 1. The van der Waals surface area contributed by atoms with Crippen LogP contribution in [-0.2, 0) is 14.3 Å². The molecule has 0 bridgehead atoms. The third-order valence-corrected chi connectivity index (χ3v) is 3.52. The summed E-state index contributed by atoms with van der Waals surface area (Å²) >= 11 is 0. The van der Waals surface area contributed by atoms with E-state index in [0.717, 1.165) is 18.7 Å². The van der Waals surface area contributed by atoms with E-state index >= 15 is 0 Å². The number of likely N-dealkylation sites (N-methyl/N-ethyl adjacent to an activating group) is 1. The molecule has 23 heavy (non-hydrogen) atoms. The number of carbonyl (C=O) groups is 2. The van der Waals surface area contributed by atoms with Gasteiger partial charge in [-0.3, -0.25) is 4.79 Å². The molecule has 1 saturated heterocycles. The summed E-state index contributed by atoms with van der Waals surface area (Å²) in [7, 11) is 4.63. The fraction of sp³-hybridized carbons (Fsp3) is 0.500. The van der Waals surface area contributed by atoms with Gasteiger partial charge in [0.2, 0.25) is 0 Å². The molecule has 7 nitrogen and oxygen atoms in total. The highest BCUT2D eigenvalue weighted by molar-refractivity contribution is 5.91. The van der Waals surface area contributed by atoms with Gasteiger partial charge in [0, 0.05) is 39.0 Å². The minimum atomic E-state index is -0.461. The second-order valence-corrected chi connectivity index (χ2v) is 5.48. The van der Waals surface area contributed by atoms with Crippen LogP contribution in [0.25, 0.3) is 0 Å². The number of nitrogens with one attached hydrogen (secondary N) is 1. The van der Waals surface area contributed by atoms with Gasteiger partial charge in [-0.05, 0) is 18.6 Å². The van der Waals surface area contributed by atoms with Crippen molar-refractivity contribution in [1.29, 1.82) is 0 Å². The van der Waals surface area contributed by atoms with E-state index in [2.05, 4.69) is 5.32 Å². The molecule has 1 amide bonds. The van der Waals surface area contributed by atoms with Crippen LogP contribution in [0.1, 0.15) is 16.8 Å². The zero-order valence-corrected chi connectivity index (χ0v) is 13.6. The Morgan fingerprint density at radius 3 is 2.65 bits per heavy atom. The fourth-order valence-corrected chi connectivity index (χ4v) is 1.97. The molecule has 1 heterocycles. The minimum absolute atomic E-state index is 0.0944. The Kier molecular flexibility index (Phi) is 5.81. The quantitative estimate of drug-likeness (QED) is 0.759. The molecule has 0 aromatic heterocycles. The zero-order valence-electron chi connectivity index (χ0n) is 13.6. The molecular formula is C16H22N2O5. The van der Waals surface area contributed by atoms with E-state index in [9.17, 15) is 9.59 Å². The van der Waals surface area contributed by atoms with Crippen LogP contribution in [0, 0.1) is 0 Å². The first-order chi connectivity index (χ1) is 11.0. The van der Waals surface area contributed by atoms with Crippen LogP contribution in [0.5, 0.6) is 5.75 Å².